The Morgan fingerprint density at radius 3 is 2.96 bits per heavy atom. The van der Waals surface area contributed by atoms with Crippen molar-refractivity contribution in [2.75, 3.05) is 19.0 Å². The molecule has 1 aromatic carbocycles. The minimum absolute atomic E-state index is 0.172. The highest BCUT2D eigenvalue weighted by Crippen LogP contribution is 2.24. The third-order valence-corrected chi connectivity index (χ3v) is 4.29. The zero-order valence-corrected chi connectivity index (χ0v) is 14.1. The van der Waals surface area contributed by atoms with E-state index in [4.69, 9.17) is 4.74 Å². The van der Waals surface area contributed by atoms with Gasteiger partial charge in [0.05, 0.1) is 28.4 Å². The number of benzene rings is 1. The van der Waals surface area contributed by atoms with E-state index in [0.29, 0.717) is 18.8 Å². The van der Waals surface area contributed by atoms with E-state index in [-0.39, 0.29) is 17.2 Å². The Bertz CT molecular complexity index is 948. The molecule has 0 spiro atoms. The first-order valence-electron chi connectivity index (χ1n) is 7.32. The van der Waals surface area contributed by atoms with Gasteiger partial charge in [-0.15, -0.1) is 11.3 Å². The van der Waals surface area contributed by atoms with Crippen LogP contribution < -0.4 is 10.9 Å². The van der Waals surface area contributed by atoms with Crippen LogP contribution in [0.4, 0.5) is 5.69 Å². The van der Waals surface area contributed by atoms with Gasteiger partial charge in [0.25, 0.3) is 11.5 Å². The minimum atomic E-state index is -0.373. The van der Waals surface area contributed by atoms with Crippen LogP contribution in [0.15, 0.2) is 35.1 Å². The van der Waals surface area contributed by atoms with E-state index in [1.807, 2.05) is 19.1 Å². The van der Waals surface area contributed by atoms with Crippen LogP contribution in [0.25, 0.3) is 10.2 Å². The standard InChI is InChI=1S/C16H16N4O3S/c1-10-17-12-4-3-11(9-14(12)24-10)18-16(22)13-5-6-15(21)20(19-13)7-8-23-2/h3-6,9H,7-8H2,1-2H3,(H,18,22). The molecule has 0 atom stereocenters. The summed E-state index contributed by atoms with van der Waals surface area (Å²) in [5.74, 6) is -0.373. The van der Waals surface area contributed by atoms with E-state index in [1.54, 1.807) is 24.5 Å². The molecule has 0 aliphatic rings. The fourth-order valence-corrected chi connectivity index (χ4v) is 3.09. The molecule has 24 heavy (non-hydrogen) atoms. The van der Waals surface area contributed by atoms with Gasteiger partial charge in [0.1, 0.15) is 5.69 Å². The van der Waals surface area contributed by atoms with Gasteiger partial charge in [-0.2, -0.15) is 5.10 Å². The number of nitrogens with zero attached hydrogens (tertiary/aromatic N) is 3. The molecule has 0 aliphatic carbocycles. The molecular weight excluding hydrogens is 328 g/mol. The average Bonchev–Trinajstić information content (AvgIpc) is 2.93. The number of rotatable bonds is 5. The monoisotopic (exact) mass is 344 g/mol. The van der Waals surface area contributed by atoms with Gasteiger partial charge in [-0.05, 0) is 31.2 Å². The summed E-state index contributed by atoms with van der Waals surface area (Å²) in [5, 5.41) is 7.84. The highest BCUT2D eigenvalue weighted by Gasteiger charge is 2.11. The summed E-state index contributed by atoms with van der Waals surface area (Å²) < 4.78 is 7.15. The van der Waals surface area contributed by atoms with Crippen LogP contribution >= 0.6 is 11.3 Å². The van der Waals surface area contributed by atoms with Crippen molar-refractivity contribution in [2.45, 2.75) is 13.5 Å². The number of hydrogen-bond acceptors (Lipinski definition) is 6. The number of thiazole rings is 1. The Kier molecular flexibility index (Phi) is 4.68. The second kappa shape index (κ2) is 6.90. The second-order valence-corrected chi connectivity index (χ2v) is 6.38. The Morgan fingerprint density at radius 1 is 1.33 bits per heavy atom. The molecule has 2 heterocycles. The van der Waals surface area contributed by atoms with Gasteiger partial charge in [-0.1, -0.05) is 0 Å². The van der Waals surface area contributed by atoms with Gasteiger partial charge in [0.15, 0.2) is 0 Å². The first-order chi connectivity index (χ1) is 11.6. The molecule has 1 amide bonds. The topological polar surface area (TPSA) is 86.1 Å². The molecule has 0 saturated carbocycles. The fraction of sp³-hybridized carbons (Fsp3) is 0.250. The van der Waals surface area contributed by atoms with E-state index < -0.39 is 0 Å². The lowest BCUT2D eigenvalue weighted by Gasteiger charge is -2.07. The maximum Gasteiger partial charge on any atom is 0.276 e. The molecule has 7 nitrogen and oxygen atoms in total. The van der Waals surface area contributed by atoms with Gasteiger partial charge in [-0.25, -0.2) is 9.67 Å². The first kappa shape index (κ1) is 16.3. The fourth-order valence-electron chi connectivity index (χ4n) is 2.22. The summed E-state index contributed by atoms with van der Waals surface area (Å²) in [7, 11) is 1.54. The predicted octanol–water partition coefficient (Wildman–Crippen LogP) is 2.06. The number of aryl methyl sites for hydroxylation is 1. The number of anilines is 1. The van der Waals surface area contributed by atoms with E-state index in [9.17, 15) is 9.59 Å². The van der Waals surface area contributed by atoms with E-state index in [0.717, 1.165) is 15.2 Å². The Morgan fingerprint density at radius 2 is 2.17 bits per heavy atom. The Balaban J connectivity index is 1.81. The molecule has 124 valence electrons. The van der Waals surface area contributed by atoms with Crippen LogP contribution in [0.1, 0.15) is 15.5 Å². The summed E-state index contributed by atoms with van der Waals surface area (Å²) in [5.41, 5.74) is 1.46. The SMILES string of the molecule is COCCn1nc(C(=O)Nc2ccc3nc(C)sc3c2)ccc1=O. The van der Waals surface area contributed by atoms with Crippen LogP contribution in [0.2, 0.25) is 0 Å². The highest BCUT2D eigenvalue weighted by molar-refractivity contribution is 7.18. The lowest BCUT2D eigenvalue weighted by Crippen LogP contribution is -2.27. The number of methoxy groups -OCH3 is 1. The predicted molar refractivity (Wildman–Crippen MR) is 92.7 cm³/mol. The first-order valence-corrected chi connectivity index (χ1v) is 8.14. The largest absolute Gasteiger partial charge is 0.383 e. The van der Waals surface area contributed by atoms with Gasteiger partial charge in [-0.3, -0.25) is 9.59 Å². The van der Waals surface area contributed by atoms with Crippen LogP contribution in [0.5, 0.6) is 0 Å². The summed E-state index contributed by atoms with van der Waals surface area (Å²) in [6.45, 7) is 2.58. The molecule has 1 N–H and O–H groups in total. The van der Waals surface area contributed by atoms with Gasteiger partial charge in [0, 0.05) is 18.9 Å². The summed E-state index contributed by atoms with van der Waals surface area (Å²) in [6, 6.07) is 8.27. The zero-order valence-electron chi connectivity index (χ0n) is 13.3. The molecule has 3 aromatic rings. The Labute approximate surface area is 141 Å². The molecule has 2 aromatic heterocycles. The molecular formula is C16H16N4O3S. The zero-order chi connectivity index (χ0) is 17.1. The molecule has 0 fully saturated rings. The minimum Gasteiger partial charge on any atom is -0.383 e. The number of carbonyl (C=O) groups is 1. The van der Waals surface area contributed by atoms with E-state index >= 15 is 0 Å². The van der Waals surface area contributed by atoms with Crippen molar-refractivity contribution < 1.29 is 9.53 Å². The summed E-state index contributed by atoms with van der Waals surface area (Å²) in [6.07, 6.45) is 0. The van der Waals surface area contributed by atoms with Gasteiger partial charge < -0.3 is 10.1 Å². The van der Waals surface area contributed by atoms with Crippen molar-refractivity contribution in [3.8, 4) is 0 Å². The number of hydrogen-bond donors (Lipinski definition) is 1. The van der Waals surface area contributed by atoms with E-state index in [2.05, 4.69) is 15.4 Å². The second-order valence-electron chi connectivity index (χ2n) is 5.14. The number of aromatic nitrogens is 3. The third-order valence-electron chi connectivity index (χ3n) is 3.36. The molecule has 0 unspecified atom stereocenters. The molecule has 3 rings (SSSR count). The van der Waals surface area contributed by atoms with Crippen LogP contribution in [-0.4, -0.2) is 34.4 Å². The van der Waals surface area contributed by atoms with Crippen molar-refractivity contribution in [1.29, 1.82) is 0 Å². The number of amides is 1. The smallest absolute Gasteiger partial charge is 0.276 e. The molecule has 0 radical (unpaired) electrons. The maximum atomic E-state index is 12.4. The lowest BCUT2D eigenvalue weighted by atomic mass is 10.3. The third kappa shape index (κ3) is 3.50. The van der Waals surface area contributed by atoms with Gasteiger partial charge >= 0.3 is 0 Å². The van der Waals surface area contributed by atoms with Crippen molar-refractivity contribution in [1.82, 2.24) is 14.8 Å². The van der Waals surface area contributed by atoms with Crippen molar-refractivity contribution in [3.63, 3.8) is 0 Å². The highest BCUT2D eigenvalue weighted by atomic mass is 32.1. The quantitative estimate of drug-likeness (QED) is 0.766. The number of carbonyl (C=O) groups excluding carboxylic acids is 1. The molecule has 0 aliphatic heterocycles. The van der Waals surface area contributed by atoms with Crippen molar-refractivity contribution >= 4 is 33.1 Å². The van der Waals surface area contributed by atoms with Crippen LogP contribution in [-0.2, 0) is 11.3 Å². The number of nitrogens with one attached hydrogen (secondary N) is 1. The van der Waals surface area contributed by atoms with Crippen LogP contribution in [0.3, 0.4) is 0 Å². The van der Waals surface area contributed by atoms with Crippen molar-refractivity contribution in [2.24, 2.45) is 0 Å². The number of ether oxygens (including phenoxy) is 1. The molecule has 0 saturated heterocycles. The van der Waals surface area contributed by atoms with E-state index in [1.165, 1.54) is 16.8 Å². The summed E-state index contributed by atoms with van der Waals surface area (Å²) in [4.78, 5) is 28.5. The van der Waals surface area contributed by atoms with Crippen LogP contribution in [0, 0.1) is 6.92 Å². The maximum absolute atomic E-state index is 12.4. The summed E-state index contributed by atoms with van der Waals surface area (Å²) >= 11 is 1.57. The lowest BCUT2D eigenvalue weighted by molar-refractivity contribution is 0.101. The van der Waals surface area contributed by atoms with Crippen molar-refractivity contribution in [3.05, 3.63) is 51.4 Å². The number of fused-ring (bicyclic) bond motifs is 1. The van der Waals surface area contributed by atoms with Gasteiger partial charge in [0.2, 0.25) is 0 Å². The molecule has 0 bridgehead atoms. The molecule has 8 heteroatoms. The normalized spacial score (nSPS) is 10.9. The average molecular weight is 344 g/mol. The Hall–Kier alpha value is -2.58.